The molecule has 0 spiro atoms. The van der Waals surface area contributed by atoms with Crippen molar-refractivity contribution >= 4 is 60.3 Å². The zero-order chi connectivity index (χ0) is 20.1. The minimum atomic E-state index is 0.0652. The SMILES string of the molecule is O=C(CCSc1ccccc1)N(Cc1cccnc1)c1nc2ccc(Br)cc2s1. The van der Waals surface area contributed by atoms with Gasteiger partial charge in [-0.1, -0.05) is 51.5 Å². The maximum atomic E-state index is 13.1. The Balaban J connectivity index is 1.54. The van der Waals surface area contributed by atoms with E-state index in [1.165, 1.54) is 16.2 Å². The monoisotopic (exact) mass is 483 g/mol. The molecule has 0 aliphatic heterocycles. The molecule has 0 aliphatic rings. The summed E-state index contributed by atoms with van der Waals surface area (Å²) in [4.78, 5) is 25.0. The van der Waals surface area contributed by atoms with Gasteiger partial charge in [0.05, 0.1) is 16.8 Å². The van der Waals surface area contributed by atoms with E-state index in [0.29, 0.717) is 13.0 Å². The third kappa shape index (κ3) is 5.23. The third-order valence-corrected chi connectivity index (χ3v) is 6.81. The smallest absolute Gasteiger partial charge is 0.229 e. The molecule has 2 heterocycles. The number of nitrogens with zero attached hydrogens (tertiary/aromatic N) is 3. The summed E-state index contributed by atoms with van der Waals surface area (Å²) < 4.78 is 2.06. The summed E-state index contributed by atoms with van der Waals surface area (Å²) in [5.41, 5.74) is 1.88. The lowest BCUT2D eigenvalue weighted by Crippen LogP contribution is -2.30. The Morgan fingerprint density at radius 1 is 1.10 bits per heavy atom. The van der Waals surface area contributed by atoms with Crippen LogP contribution in [0, 0.1) is 0 Å². The summed E-state index contributed by atoms with van der Waals surface area (Å²) >= 11 is 6.73. The molecule has 2 aromatic heterocycles. The number of thiazole rings is 1. The molecule has 4 nitrogen and oxygen atoms in total. The lowest BCUT2D eigenvalue weighted by molar-refractivity contribution is -0.118. The first-order chi connectivity index (χ1) is 14.2. The van der Waals surface area contributed by atoms with Gasteiger partial charge >= 0.3 is 0 Å². The van der Waals surface area contributed by atoms with Gasteiger partial charge in [0, 0.05) is 33.9 Å². The van der Waals surface area contributed by atoms with Crippen molar-refractivity contribution in [1.82, 2.24) is 9.97 Å². The zero-order valence-electron chi connectivity index (χ0n) is 15.5. The first kappa shape index (κ1) is 20.1. The molecule has 146 valence electrons. The standard InChI is InChI=1S/C22H18BrN3OS2/c23-17-8-9-19-20(13-17)29-22(25-19)26(15-16-5-4-11-24-14-16)21(27)10-12-28-18-6-2-1-3-7-18/h1-9,11,13-14H,10,12,15H2. The topological polar surface area (TPSA) is 46.1 Å². The van der Waals surface area contributed by atoms with Crippen LogP contribution in [0.25, 0.3) is 10.2 Å². The van der Waals surface area contributed by atoms with Crippen LogP contribution in [0.2, 0.25) is 0 Å². The number of pyridine rings is 1. The average molecular weight is 484 g/mol. The Morgan fingerprint density at radius 3 is 2.76 bits per heavy atom. The molecule has 0 atom stereocenters. The van der Waals surface area contributed by atoms with Gasteiger partial charge in [-0.3, -0.25) is 14.7 Å². The number of anilines is 1. The summed E-state index contributed by atoms with van der Waals surface area (Å²) in [7, 11) is 0. The minimum absolute atomic E-state index is 0.0652. The highest BCUT2D eigenvalue weighted by Gasteiger charge is 2.20. The van der Waals surface area contributed by atoms with Crippen molar-refractivity contribution in [2.75, 3.05) is 10.7 Å². The predicted octanol–water partition coefficient (Wildman–Crippen LogP) is 6.17. The normalized spacial score (nSPS) is 10.9. The van der Waals surface area contributed by atoms with Crippen LogP contribution in [0.15, 0.2) is 82.4 Å². The van der Waals surface area contributed by atoms with Crippen molar-refractivity contribution in [2.24, 2.45) is 0 Å². The fourth-order valence-corrected chi connectivity index (χ4v) is 5.24. The van der Waals surface area contributed by atoms with Gasteiger partial charge in [-0.2, -0.15) is 0 Å². The van der Waals surface area contributed by atoms with E-state index in [1.807, 2.05) is 48.5 Å². The molecule has 1 amide bonds. The predicted molar refractivity (Wildman–Crippen MR) is 125 cm³/mol. The molecule has 0 N–H and O–H groups in total. The molecule has 29 heavy (non-hydrogen) atoms. The Labute approximate surface area is 186 Å². The van der Waals surface area contributed by atoms with E-state index in [1.54, 1.807) is 29.1 Å². The zero-order valence-corrected chi connectivity index (χ0v) is 18.7. The number of hydrogen-bond donors (Lipinski definition) is 0. The first-order valence-electron chi connectivity index (χ1n) is 9.12. The Bertz CT molecular complexity index is 1100. The summed E-state index contributed by atoms with van der Waals surface area (Å²) in [6.07, 6.45) is 3.98. The Morgan fingerprint density at radius 2 is 1.97 bits per heavy atom. The lowest BCUT2D eigenvalue weighted by Gasteiger charge is -2.20. The number of halogens is 1. The molecule has 0 saturated carbocycles. The van der Waals surface area contributed by atoms with Crippen LogP contribution < -0.4 is 4.90 Å². The molecule has 4 rings (SSSR count). The summed E-state index contributed by atoms with van der Waals surface area (Å²) in [5.74, 6) is 0.790. The Hall–Kier alpha value is -2.22. The molecule has 0 radical (unpaired) electrons. The molecule has 0 unspecified atom stereocenters. The van der Waals surface area contributed by atoms with E-state index in [0.717, 1.165) is 31.1 Å². The van der Waals surface area contributed by atoms with Crippen LogP contribution in [0.3, 0.4) is 0 Å². The number of rotatable bonds is 7. The minimum Gasteiger partial charge on any atom is -0.284 e. The van der Waals surface area contributed by atoms with Crippen LogP contribution in [-0.4, -0.2) is 21.6 Å². The van der Waals surface area contributed by atoms with Crippen LogP contribution in [0.4, 0.5) is 5.13 Å². The molecule has 2 aromatic carbocycles. The number of thioether (sulfide) groups is 1. The van der Waals surface area contributed by atoms with Gasteiger partial charge in [0.1, 0.15) is 0 Å². The van der Waals surface area contributed by atoms with Crippen molar-refractivity contribution in [3.8, 4) is 0 Å². The third-order valence-electron chi connectivity index (χ3n) is 4.26. The highest BCUT2D eigenvalue weighted by atomic mass is 79.9. The number of benzene rings is 2. The van der Waals surface area contributed by atoms with Gasteiger partial charge in [-0.25, -0.2) is 4.98 Å². The molecule has 0 saturated heterocycles. The molecule has 0 fully saturated rings. The second-order valence-corrected chi connectivity index (χ2v) is 9.45. The number of hydrogen-bond acceptors (Lipinski definition) is 5. The Kier molecular flexibility index (Phi) is 6.59. The van der Waals surface area contributed by atoms with E-state index in [9.17, 15) is 4.79 Å². The van der Waals surface area contributed by atoms with Crippen LogP contribution in [0.5, 0.6) is 0 Å². The largest absolute Gasteiger partial charge is 0.284 e. The van der Waals surface area contributed by atoms with Gasteiger partial charge in [0.25, 0.3) is 0 Å². The molecule has 0 aliphatic carbocycles. The second-order valence-electron chi connectivity index (χ2n) is 6.36. The van der Waals surface area contributed by atoms with Crippen molar-refractivity contribution < 1.29 is 4.79 Å². The molecular formula is C22H18BrN3OS2. The number of aromatic nitrogens is 2. The molecular weight excluding hydrogens is 466 g/mol. The van der Waals surface area contributed by atoms with Gasteiger partial charge in [0.2, 0.25) is 5.91 Å². The quantitative estimate of drug-likeness (QED) is 0.295. The summed E-state index contributed by atoms with van der Waals surface area (Å²) in [6, 6.07) is 20.0. The van der Waals surface area contributed by atoms with Crippen molar-refractivity contribution in [2.45, 2.75) is 17.9 Å². The lowest BCUT2D eigenvalue weighted by atomic mass is 10.2. The van der Waals surface area contributed by atoms with E-state index >= 15 is 0 Å². The number of amides is 1. The maximum Gasteiger partial charge on any atom is 0.229 e. The second kappa shape index (κ2) is 9.52. The van der Waals surface area contributed by atoms with Crippen molar-refractivity contribution in [1.29, 1.82) is 0 Å². The number of fused-ring (bicyclic) bond motifs is 1. The molecule has 4 aromatic rings. The van der Waals surface area contributed by atoms with E-state index < -0.39 is 0 Å². The summed E-state index contributed by atoms with van der Waals surface area (Å²) in [6.45, 7) is 0.462. The number of carbonyl (C=O) groups excluding carboxylic acids is 1. The fourth-order valence-electron chi connectivity index (χ4n) is 2.85. The van der Waals surface area contributed by atoms with E-state index in [4.69, 9.17) is 4.98 Å². The van der Waals surface area contributed by atoms with Crippen LogP contribution >= 0.6 is 39.0 Å². The van der Waals surface area contributed by atoms with Gasteiger partial charge < -0.3 is 0 Å². The van der Waals surface area contributed by atoms with Gasteiger partial charge in [-0.05, 0) is 42.0 Å². The van der Waals surface area contributed by atoms with Gasteiger partial charge in [-0.15, -0.1) is 11.8 Å². The van der Waals surface area contributed by atoms with Crippen LogP contribution in [-0.2, 0) is 11.3 Å². The summed E-state index contributed by atoms with van der Waals surface area (Å²) in [5, 5.41) is 0.719. The van der Waals surface area contributed by atoms with E-state index in [2.05, 4.69) is 33.0 Å². The molecule has 7 heteroatoms. The number of carbonyl (C=O) groups is 1. The highest BCUT2D eigenvalue weighted by Crippen LogP contribution is 2.32. The van der Waals surface area contributed by atoms with Crippen LogP contribution in [0.1, 0.15) is 12.0 Å². The molecule has 0 bridgehead atoms. The van der Waals surface area contributed by atoms with Crippen molar-refractivity contribution in [3.05, 3.63) is 83.1 Å². The highest BCUT2D eigenvalue weighted by molar-refractivity contribution is 9.10. The van der Waals surface area contributed by atoms with Gasteiger partial charge in [0.15, 0.2) is 5.13 Å². The van der Waals surface area contributed by atoms with Crippen molar-refractivity contribution in [3.63, 3.8) is 0 Å². The average Bonchev–Trinajstić information content (AvgIpc) is 3.16. The maximum absolute atomic E-state index is 13.1. The van der Waals surface area contributed by atoms with E-state index in [-0.39, 0.29) is 5.91 Å². The fraction of sp³-hybridized carbons (Fsp3) is 0.136. The first-order valence-corrected chi connectivity index (χ1v) is 11.7.